The van der Waals surface area contributed by atoms with Gasteiger partial charge in [-0.2, -0.15) is 0 Å². The average Bonchev–Trinajstić information content (AvgIpc) is 2.85. The minimum atomic E-state index is -1.27. The summed E-state index contributed by atoms with van der Waals surface area (Å²) in [6.07, 6.45) is 1.13. The number of carboxylic acids is 1. The number of imidazole rings is 1. The number of aromatic carboxylic acids is 1. The summed E-state index contributed by atoms with van der Waals surface area (Å²) in [6, 6.07) is 5.74. The van der Waals surface area contributed by atoms with E-state index in [4.69, 9.17) is 5.11 Å². The molecule has 0 aliphatic rings. The molecular weight excluding hydrogens is 253 g/mol. The van der Waals surface area contributed by atoms with Gasteiger partial charge in [-0.05, 0) is 17.7 Å². The number of aromatic amines is 1. The van der Waals surface area contributed by atoms with Crippen LogP contribution in [-0.2, 0) is 6.54 Å². The van der Waals surface area contributed by atoms with E-state index in [-0.39, 0.29) is 17.9 Å². The fraction of sp³-hybridized carbons (Fsp3) is 0.0833. The minimum absolute atomic E-state index is 0.0858. The van der Waals surface area contributed by atoms with Gasteiger partial charge in [-0.1, -0.05) is 12.1 Å². The van der Waals surface area contributed by atoms with Crippen LogP contribution in [0, 0.1) is 5.82 Å². The summed E-state index contributed by atoms with van der Waals surface area (Å²) in [5, 5.41) is 11.3. The van der Waals surface area contributed by atoms with Crippen LogP contribution in [0.1, 0.15) is 26.5 Å². The van der Waals surface area contributed by atoms with Gasteiger partial charge in [-0.15, -0.1) is 0 Å². The Kier molecular flexibility index (Phi) is 3.56. The van der Waals surface area contributed by atoms with E-state index in [9.17, 15) is 14.0 Å². The molecule has 0 unspecified atom stereocenters. The van der Waals surface area contributed by atoms with Crippen molar-refractivity contribution in [2.75, 3.05) is 0 Å². The molecule has 7 heteroatoms. The van der Waals surface area contributed by atoms with Crippen molar-refractivity contribution in [1.82, 2.24) is 15.3 Å². The first-order valence-corrected chi connectivity index (χ1v) is 5.37. The van der Waals surface area contributed by atoms with E-state index in [2.05, 4.69) is 15.3 Å². The standard InChI is InChI=1S/C12H10FN3O3/c13-8-3-1-2-7(4-8)5-14-11(17)9-10(12(18)19)16-6-15-9/h1-4,6H,5H2,(H,14,17)(H,15,16)(H,18,19). The molecule has 0 saturated heterocycles. The SMILES string of the molecule is O=C(NCc1cccc(F)c1)c1nc[nH]c1C(=O)O. The first-order chi connectivity index (χ1) is 9.08. The number of carboxylic acid groups (broad SMARTS) is 1. The van der Waals surface area contributed by atoms with Gasteiger partial charge in [-0.25, -0.2) is 14.2 Å². The zero-order valence-corrected chi connectivity index (χ0v) is 9.68. The lowest BCUT2D eigenvalue weighted by molar-refractivity contribution is 0.0685. The number of carbonyl (C=O) groups is 2. The lowest BCUT2D eigenvalue weighted by Crippen LogP contribution is -2.25. The molecular formula is C12H10FN3O3. The summed E-state index contributed by atoms with van der Waals surface area (Å²) in [5.74, 6) is -2.31. The molecule has 19 heavy (non-hydrogen) atoms. The van der Waals surface area contributed by atoms with Gasteiger partial charge in [0.2, 0.25) is 0 Å². The number of aromatic nitrogens is 2. The molecule has 0 spiro atoms. The quantitative estimate of drug-likeness (QED) is 0.771. The van der Waals surface area contributed by atoms with Gasteiger partial charge in [0.15, 0.2) is 11.4 Å². The van der Waals surface area contributed by atoms with E-state index in [1.807, 2.05) is 0 Å². The zero-order chi connectivity index (χ0) is 13.8. The van der Waals surface area contributed by atoms with E-state index in [1.165, 1.54) is 18.2 Å². The molecule has 2 rings (SSSR count). The van der Waals surface area contributed by atoms with Crippen LogP contribution in [0.4, 0.5) is 4.39 Å². The van der Waals surface area contributed by atoms with Gasteiger partial charge < -0.3 is 15.4 Å². The third-order valence-electron chi connectivity index (χ3n) is 2.41. The summed E-state index contributed by atoms with van der Waals surface area (Å²) < 4.78 is 12.9. The second-order valence-electron chi connectivity index (χ2n) is 3.74. The largest absolute Gasteiger partial charge is 0.477 e. The van der Waals surface area contributed by atoms with Crippen LogP contribution in [0.5, 0.6) is 0 Å². The second-order valence-corrected chi connectivity index (χ2v) is 3.74. The lowest BCUT2D eigenvalue weighted by atomic mass is 10.2. The molecule has 1 heterocycles. The lowest BCUT2D eigenvalue weighted by Gasteiger charge is -2.04. The van der Waals surface area contributed by atoms with Crippen molar-refractivity contribution in [3.63, 3.8) is 0 Å². The molecule has 0 fully saturated rings. The third kappa shape index (κ3) is 2.95. The highest BCUT2D eigenvalue weighted by molar-refractivity contribution is 6.02. The van der Waals surface area contributed by atoms with E-state index in [0.717, 1.165) is 6.33 Å². The Morgan fingerprint density at radius 1 is 1.42 bits per heavy atom. The third-order valence-corrected chi connectivity index (χ3v) is 2.41. The van der Waals surface area contributed by atoms with Crippen molar-refractivity contribution in [3.8, 4) is 0 Å². The maximum absolute atomic E-state index is 12.9. The molecule has 0 saturated carbocycles. The molecule has 98 valence electrons. The Labute approximate surface area is 107 Å². The molecule has 0 aliphatic heterocycles. The van der Waals surface area contributed by atoms with Gasteiger partial charge in [0, 0.05) is 6.54 Å². The van der Waals surface area contributed by atoms with Crippen LogP contribution in [0.15, 0.2) is 30.6 Å². The maximum atomic E-state index is 12.9. The Morgan fingerprint density at radius 3 is 2.89 bits per heavy atom. The number of H-pyrrole nitrogens is 1. The van der Waals surface area contributed by atoms with Crippen LogP contribution in [0.25, 0.3) is 0 Å². The smallest absolute Gasteiger partial charge is 0.354 e. The highest BCUT2D eigenvalue weighted by Gasteiger charge is 2.19. The summed E-state index contributed by atoms with van der Waals surface area (Å²) in [4.78, 5) is 28.6. The molecule has 0 radical (unpaired) electrons. The van der Waals surface area contributed by atoms with Gasteiger partial charge in [0.05, 0.1) is 6.33 Å². The van der Waals surface area contributed by atoms with E-state index >= 15 is 0 Å². The van der Waals surface area contributed by atoms with Crippen LogP contribution in [-0.4, -0.2) is 27.0 Å². The Bertz CT molecular complexity index is 624. The number of benzene rings is 1. The number of rotatable bonds is 4. The maximum Gasteiger partial charge on any atom is 0.354 e. The van der Waals surface area contributed by atoms with Crippen molar-refractivity contribution >= 4 is 11.9 Å². The van der Waals surface area contributed by atoms with Crippen molar-refractivity contribution < 1.29 is 19.1 Å². The van der Waals surface area contributed by atoms with Gasteiger partial charge >= 0.3 is 5.97 Å². The average molecular weight is 263 g/mol. The topological polar surface area (TPSA) is 95.1 Å². The molecule has 1 aromatic carbocycles. The predicted molar refractivity (Wildman–Crippen MR) is 63.1 cm³/mol. The zero-order valence-electron chi connectivity index (χ0n) is 9.68. The van der Waals surface area contributed by atoms with Crippen molar-refractivity contribution in [3.05, 3.63) is 53.4 Å². The van der Waals surface area contributed by atoms with E-state index in [0.29, 0.717) is 5.56 Å². The summed E-state index contributed by atoms with van der Waals surface area (Å²) >= 11 is 0. The number of amides is 1. The van der Waals surface area contributed by atoms with Crippen LogP contribution in [0.2, 0.25) is 0 Å². The Balaban J connectivity index is 2.05. The van der Waals surface area contributed by atoms with Gasteiger partial charge in [0.25, 0.3) is 5.91 Å². The van der Waals surface area contributed by atoms with Crippen LogP contribution >= 0.6 is 0 Å². The monoisotopic (exact) mass is 263 g/mol. The number of nitrogens with one attached hydrogen (secondary N) is 2. The predicted octanol–water partition coefficient (Wildman–Crippen LogP) is 1.18. The Hall–Kier alpha value is -2.70. The molecule has 2 aromatic rings. The number of hydrogen-bond acceptors (Lipinski definition) is 3. The molecule has 1 aromatic heterocycles. The summed E-state index contributed by atoms with van der Waals surface area (Å²) in [5.41, 5.74) is 0.0846. The number of nitrogens with zero attached hydrogens (tertiary/aromatic N) is 1. The number of hydrogen-bond donors (Lipinski definition) is 3. The van der Waals surface area contributed by atoms with Crippen molar-refractivity contribution in [2.45, 2.75) is 6.54 Å². The normalized spacial score (nSPS) is 10.2. The van der Waals surface area contributed by atoms with Crippen LogP contribution < -0.4 is 5.32 Å². The summed E-state index contributed by atoms with van der Waals surface area (Å²) in [7, 11) is 0. The highest BCUT2D eigenvalue weighted by atomic mass is 19.1. The van der Waals surface area contributed by atoms with Crippen molar-refractivity contribution in [2.24, 2.45) is 0 Å². The fourth-order valence-electron chi connectivity index (χ4n) is 1.54. The minimum Gasteiger partial charge on any atom is -0.477 e. The molecule has 6 nitrogen and oxygen atoms in total. The highest BCUT2D eigenvalue weighted by Crippen LogP contribution is 2.05. The molecule has 0 aliphatic carbocycles. The van der Waals surface area contributed by atoms with Crippen molar-refractivity contribution in [1.29, 1.82) is 0 Å². The summed E-state index contributed by atoms with van der Waals surface area (Å²) in [6.45, 7) is 0.0858. The van der Waals surface area contributed by atoms with Crippen LogP contribution in [0.3, 0.4) is 0 Å². The number of halogens is 1. The van der Waals surface area contributed by atoms with Gasteiger partial charge in [-0.3, -0.25) is 4.79 Å². The number of carbonyl (C=O) groups excluding carboxylic acids is 1. The van der Waals surface area contributed by atoms with Gasteiger partial charge in [0.1, 0.15) is 5.82 Å². The molecule has 0 bridgehead atoms. The second kappa shape index (κ2) is 5.30. The molecule has 3 N–H and O–H groups in total. The van der Waals surface area contributed by atoms with E-state index < -0.39 is 17.7 Å². The fourth-order valence-corrected chi connectivity index (χ4v) is 1.54. The Morgan fingerprint density at radius 2 is 2.21 bits per heavy atom. The molecule has 0 atom stereocenters. The first-order valence-electron chi connectivity index (χ1n) is 5.37. The molecule has 1 amide bonds. The first kappa shape index (κ1) is 12.7. The van der Waals surface area contributed by atoms with E-state index in [1.54, 1.807) is 6.07 Å².